The molecule has 86 valence electrons. The summed E-state index contributed by atoms with van der Waals surface area (Å²) in [6.07, 6.45) is 5.48. The lowest BCUT2D eigenvalue weighted by atomic mass is 9.96. The first kappa shape index (κ1) is 11.6. The highest BCUT2D eigenvalue weighted by Gasteiger charge is 2.22. The number of hydrogen-bond donors (Lipinski definition) is 2. The van der Waals surface area contributed by atoms with Crippen LogP contribution in [0.25, 0.3) is 0 Å². The van der Waals surface area contributed by atoms with E-state index in [2.05, 4.69) is 37.5 Å². The molecular formula is C10H14IN5. The van der Waals surface area contributed by atoms with Crippen LogP contribution in [0, 0.1) is 14.9 Å². The molecule has 0 spiro atoms. The molecule has 3 N–H and O–H groups in total. The van der Waals surface area contributed by atoms with E-state index in [-0.39, 0.29) is 5.92 Å². The summed E-state index contributed by atoms with van der Waals surface area (Å²) < 4.78 is 1.04. The van der Waals surface area contributed by atoms with Gasteiger partial charge in [0, 0.05) is 35.0 Å². The van der Waals surface area contributed by atoms with Crippen molar-refractivity contribution in [2.24, 2.45) is 11.7 Å². The number of nitrogens with zero attached hydrogens (tertiary/aromatic N) is 3. The summed E-state index contributed by atoms with van der Waals surface area (Å²) in [6.45, 7) is 1.76. The Kier molecular flexibility index (Phi) is 3.57. The third-order valence-corrected chi connectivity index (χ3v) is 3.38. The van der Waals surface area contributed by atoms with Crippen molar-refractivity contribution >= 4 is 34.4 Å². The minimum atomic E-state index is 0.236. The van der Waals surface area contributed by atoms with Gasteiger partial charge < -0.3 is 10.6 Å². The number of aromatic nitrogens is 2. The maximum absolute atomic E-state index is 7.41. The van der Waals surface area contributed by atoms with Gasteiger partial charge in [-0.05, 0) is 35.4 Å². The fourth-order valence-corrected chi connectivity index (χ4v) is 2.14. The lowest BCUT2D eigenvalue weighted by molar-refractivity contribution is 0.492. The highest BCUT2D eigenvalue weighted by molar-refractivity contribution is 14.1. The summed E-state index contributed by atoms with van der Waals surface area (Å²) in [6, 6.07) is 0. The minimum absolute atomic E-state index is 0.236. The molecule has 0 aliphatic carbocycles. The fourth-order valence-electron chi connectivity index (χ4n) is 1.86. The van der Waals surface area contributed by atoms with E-state index >= 15 is 0 Å². The van der Waals surface area contributed by atoms with Crippen LogP contribution in [0.4, 0.5) is 5.95 Å². The zero-order valence-electron chi connectivity index (χ0n) is 8.86. The number of nitrogens with one attached hydrogen (secondary N) is 1. The number of amidine groups is 1. The van der Waals surface area contributed by atoms with Gasteiger partial charge in [0.2, 0.25) is 5.95 Å². The van der Waals surface area contributed by atoms with E-state index in [1.54, 1.807) is 0 Å². The molecule has 1 aliphatic heterocycles. The second-order valence-electron chi connectivity index (χ2n) is 3.92. The van der Waals surface area contributed by atoms with Gasteiger partial charge in [0.15, 0.2) is 0 Å². The average molecular weight is 331 g/mol. The van der Waals surface area contributed by atoms with Crippen molar-refractivity contribution in [1.29, 1.82) is 5.41 Å². The van der Waals surface area contributed by atoms with Gasteiger partial charge in [-0.3, -0.25) is 5.41 Å². The Hall–Kier alpha value is -0.920. The molecule has 2 heterocycles. The Morgan fingerprint density at radius 1 is 1.38 bits per heavy atom. The van der Waals surface area contributed by atoms with Crippen LogP contribution in [-0.2, 0) is 0 Å². The van der Waals surface area contributed by atoms with E-state index in [0.29, 0.717) is 5.84 Å². The first-order valence-electron chi connectivity index (χ1n) is 5.23. The molecule has 0 aromatic carbocycles. The third kappa shape index (κ3) is 2.60. The van der Waals surface area contributed by atoms with Crippen LogP contribution in [0.2, 0.25) is 0 Å². The van der Waals surface area contributed by atoms with Gasteiger partial charge >= 0.3 is 0 Å². The normalized spacial score (nSPS) is 17.4. The van der Waals surface area contributed by atoms with Crippen LogP contribution in [0.1, 0.15) is 12.8 Å². The predicted molar refractivity (Wildman–Crippen MR) is 71.6 cm³/mol. The molecule has 5 nitrogen and oxygen atoms in total. The minimum Gasteiger partial charge on any atom is -0.387 e. The highest BCUT2D eigenvalue weighted by atomic mass is 127. The number of anilines is 1. The number of piperidine rings is 1. The van der Waals surface area contributed by atoms with Gasteiger partial charge in [-0.2, -0.15) is 0 Å². The Morgan fingerprint density at radius 3 is 2.44 bits per heavy atom. The topological polar surface area (TPSA) is 78.9 Å². The van der Waals surface area contributed by atoms with Crippen molar-refractivity contribution in [3.05, 3.63) is 16.0 Å². The van der Waals surface area contributed by atoms with E-state index in [0.717, 1.165) is 35.4 Å². The molecule has 0 radical (unpaired) electrons. The molecule has 1 aromatic rings. The van der Waals surface area contributed by atoms with Crippen molar-refractivity contribution < 1.29 is 0 Å². The van der Waals surface area contributed by atoms with Crippen LogP contribution >= 0.6 is 22.6 Å². The van der Waals surface area contributed by atoms with Gasteiger partial charge in [0.25, 0.3) is 0 Å². The highest BCUT2D eigenvalue weighted by Crippen LogP contribution is 2.20. The van der Waals surface area contributed by atoms with Crippen LogP contribution in [-0.4, -0.2) is 28.9 Å². The average Bonchev–Trinajstić information content (AvgIpc) is 2.30. The molecule has 16 heavy (non-hydrogen) atoms. The summed E-state index contributed by atoms with van der Waals surface area (Å²) >= 11 is 2.19. The number of nitrogens with two attached hydrogens (primary N) is 1. The van der Waals surface area contributed by atoms with Crippen LogP contribution in [0.3, 0.4) is 0 Å². The Labute approximate surface area is 108 Å². The third-order valence-electron chi connectivity index (χ3n) is 2.82. The summed E-state index contributed by atoms with van der Waals surface area (Å²) in [4.78, 5) is 10.7. The molecule has 0 unspecified atom stereocenters. The Morgan fingerprint density at radius 2 is 1.94 bits per heavy atom. The molecule has 0 atom stereocenters. The lowest BCUT2D eigenvalue weighted by Gasteiger charge is -2.31. The first-order chi connectivity index (χ1) is 7.66. The van der Waals surface area contributed by atoms with Crippen LogP contribution < -0.4 is 10.6 Å². The molecule has 0 saturated carbocycles. The van der Waals surface area contributed by atoms with Gasteiger partial charge in [-0.15, -0.1) is 0 Å². The maximum Gasteiger partial charge on any atom is 0.225 e. The zero-order valence-corrected chi connectivity index (χ0v) is 11.0. The van der Waals surface area contributed by atoms with E-state index in [9.17, 15) is 0 Å². The van der Waals surface area contributed by atoms with E-state index < -0.39 is 0 Å². The van der Waals surface area contributed by atoms with E-state index in [1.165, 1.54) is 0 Å². The largest absolute Gasteiger partial charge is 0.387 e. The zero-order chi connectivity index (χ0) is 11.5. The van der Waals surface area contributed by atoms with Gasteiger partial charge in [0.05, 0.1) is 5.84 Å². The van der Waals surface area contributed by atoms with Gasteiger partial charge in [-0.25, -0.2) is 9.97 Å². The number of rotatable bonds is 2. The molecule has 2 rings (SSSR count). The summed E-state index contributed by atoms with van der Waals surface area (Å²) in [5.74, 6) is 1.32. The Bertz CT molecular complexity index is 369. The molecule has 1 aromatic heterocycles. The molecule has 1 fully saturated rings. The number of halogens is 1. The molecule has 1 aliphatic rings. The Balaban J connectivity index is 1.99. The number of hydrogen-bond acceptors (Lipinski definition) is 4. The maximum atomic E-state index is 7.41. The van der Waals surface area contributed by atoms with Crippen molar-refractivity contribution in [3.8, 4) is 0 Å². The molecule has 0 bridgehead atoms. The van der Waals surface area contributed by atoms with Crippen molar-refractivity contribution in [3.63, 3.8) is 0 Å². The predicted octanol–water partition coefficient (Wildman–Crippen LogP) is 1.23. The molecule has 0 amide bonds. The standard InChI is InChI=1S/C10H14IN5/c11-8-5-14-10(15-6-8)16-3-1-7(2-4-16)9(12)13/h5-7H,1-4H2,(H3,12,13). The monoisotopic (exact) mass is 331 g/mol. The summed E-state index contributed by atoms with van der Waals surface area (Å²) in [7, 11) is 0. The summed E-state index contributed by atoms with van der Waals surface area (Å²) in [5, 5.41) is 7.41. The van der Waals surface area contributed by atoms with Crippen molar-refractivity contribution in [2.75, 3.05) is 18.0 Å². The fraction of sp³-hybridized carbons (Fsp3) is 0.500. The van der Waals surface area contributed by atoms with Crippen molar-refractivity contribution in [1.82, 2.24) is 9.97 Å². The smallest absolute Gasteiger partial charge is 0.225 e. The molecular weight excluding hydrogens is 317 g/mol. The molecule has 1 saturated heterocycles. The van der Waals surface area contributed by atoms with Crippen LogP contribution in [0.5, 0.6) is 0 Å². The van der Waals surface area contributed by atoms with E-state index in [4.69, 9.17) is 11.1 Å². The summed E-state index contributed by atoms with van der Waals surface area (Å²) in [5.41, 5.74) is 5.50. The van der Waals surface area contributed by atoms with E-state index in [1.807, 2.05) is 12.4 Å². The van der Waals surface area contributed by atoms with Gasteiger partial charge in [0.1, 0.15) is 0 Å². The second-order valence-corrected chi connectivity index (χ2v) is 5.16. The molecule has 6 heteroatoms. The lowest BCUT2D eigenvalue weighted by Crippen LogP contribution is -2.39. The van der Waals surface area contributed by atoms with Crippen LogP contribution in [0.15, 0.2) is 12.4 Å². The van der Waals surface area contributed by atoms with Gasteiger partial charge in [-0.1, -0.05) is 0 Å². The SMILES string of the molecule is N=C(N)C1CCN(c2ncc(I)cn2)CC1. The quantitative estimate of drug-likeness (QED) is 0.485. The van der Waals surface area contributed by atoms with Crippen molar-refractivity contribution in [2.45, 2.75) is 12.8 Å². The second kappa shape index (κ2) is 4.94. The first-order valence-corrected chi connectivity index (χ1v) is 6.31.